The van der Waals surface area contributed by atoms with Gasteiger partial charge in [0.2, 0.25) is 5.91 Å². The van der Waals surface area contributed by atoms with Gasteiger partial charge in [-0.05, 0) is 17.7 Å². The third kappa shape index (κ3) is 4.51. The van der Waals surface area contributed by atoms with Gasteiger partial charge in [-0.15, -0.1) is 0 Å². The number of nitrogens with one attached hydrogen (secondary N) is 1. The smallest absolute Gasteiger partial charge is 0.348 e. The van der Waals surface area contributed by atoms with E-state index in [0.717, 1.165) is 12.1 Å². The largest absolute Gasteiger partial charge is 0.416 e. The van der Waals surface area contributed by atoms with Crippen LogP contribution in [0.1, 0.15) is 11.1 Å². The summed E-state index contributed by atoms with van der Waals surface area (Å²) in [5.74, 6) is -1.20. The maximum absolute atomic E-state index is 12.9. The van der Waals surface area contributed by atoms with Gasteiger partial charge in [-0.25, -0.2) is 4.39 Å². The number of alkyl halides is 3. The number of likely N-dealkylation sites (N-methyl/N-ethyl adjacent to an activating group) is 1. The summed E-state index contributed by atoms with van der Waals surface area (Å²) in [6.07, 6.45) is -4.62. The van der Waals surface area contributed by atoms with Crippen LogP contribution in [0.5, 0.6) is 0 Å². The number of hydrogen-bond donors (Lipinski definition) is 1. The van der Waals surface area contributed by atoms with E-state index in [-0.39, 0.29) is 24.6 Å². The summed E-state index contributed by atoms with van der Waals surface area (Å²) in [4.78, 5) is 12.6. The molecule has 3 nitrogen and oxygen atoms in total. The first kappa shape index (κ1) is 15.4. The normalized spacial score (nSPS) is 11.5. The summed E-state index contributed by atoms with van der Waals surface area (Å²) < 4.78 is 50.9. The Balaban J connectivity index is 2.76. The van der Waals surface area contributed by atoms with Crippen molar-refractivity contribution < 1.29 is 22.4 Å². The number of amides is 1. The van der Waals surface area contributed by atoms with Crippen molar-refractivity contribution in [2.24, 2.45) is 0 Å². The van der Waals surface area contributed by atoms with Crippen LogP contribution in [0.15, 0.2) is 18.2 Å². The van der Waals surface area contributed by atoms with E-state index in [2.05, 4.69) is 5.32 Å². The maximum atomic E-state index is 12.9. The molecule has 0 heterocycles. The van der Waals surface area contributed by atoms with Crippen molar-refractivity contribution in [3.05, 3.63) is 35.1 Å². The number of carbonyl (C=O) groups excluding carboxylic acids is 1. The first-order valence-corrected chi connectivity index (χ1v) is 5.48. The lowest BCUT2D eigenvalue weighted by molar-refractivity contribution is -0.138. The molecule has 0 saturated carbocycles. The van der Waals surface area contributed by atoms with E-state index in [9.17, 15) is 22.4 Å². The van der Waals surface area contributed by atoms with Gasteiger partial charge in [0, 0.05) is 20.6 Å². The van der Waals surface area contributed by atoms with Crippen molar-refractivity contribution in [2.45, 2.75) is 12.7 Å². The van der Waals surface area contributed by atoms with Crippen LogP contribution in [-0.4, -0.2) is 31.4 Å². The van der Waals surface area contributed by atoms with Crippen LogP contribution in [0, 0.1) is 5.82 Å². The van der Waals surface area contributed by atoms with E-state index in [1.807, 2.05) is 0 Å². The van der Waals surface area contributed by atoms with E-state index in [4.69, 9.17) is 0 Å². The predicted molar refractivity (Wildman–Crippen MR) is 61.8 cm³/mol. The summed E-state index contributed by atoms with van der Waals surface area (Å²) in [6, 6.07) is 2.47. The first-order valence-electron chi connectivity index (χ1n) is 5.48. The van der Waals surface area contributed by atoms with Gasteiger partial charge in [0.25, 0.3) is 0 Å². The van der Waals surface area contributed by atoms with Crippen molar-refractivity contribution in [1.82, 2.24) is 10.2 Å². The minimum Gasteiger partial charge on any atom is -0.348 e. The van der Waals surface area contributed by atoms with Crippen LogP contribution in [0.4, 0.5) is 17.6 Å². The van der Waals surface area contributed by atoms with Crippen LogP contribution in [0.2, 0.25) is 0 Å². The van der Waals surface area contributed by atoms with Crippen molar-refractivity contribution in [2.75, 3.05) is 20.6 Å². The molecule has 106 valence electrons. The number of carbonyl (C=O) groups is 1. The fourth-order valence-electron chi connectivity index (χ4n) is 1.43. The molecule has 1 N–H and O–H groups in total. The van der Waals surface area contributed by atoms with Crippen LogP contribution < -0.4 is 5.32 Å². The fraction of sp³-hybridized carbons (Fsp3) is 0.417. The van der Waals surface area contributed by atoms with Crippen molar-refractivity contribution in [3.8, 4) is 0 Å². The number of rotatable bonds is 4. The van der Waals surface area contributed by atoms with Gasteiger partial charge in [0.1, 0.15) is 5.82 Å². The summed E-state index contributed by atoms with van der Waals surface area (Å²) in [5, 5.41) is 2.60. The Bertz CT molecular complexity index is 458. The second kappa shape index (κ2) is 6.01. The molecule has 0 fully saturated rings. The number of halogens is 4. The van der Waals surface area contributed by atoms with E-state index in [1.54, 1.807) is 14.1 Å². The fourth-order valence-corrected chi connectivity index (χ4v) is 1.43. The average Bonchev–Trinajstić information content (AvgIpc) is 2.29. The minimum atomic E-state index is -4.62. The molecule has 1 aromatic rings. The number of hydrogen-bond acceptors (Lipinski definition) is 2. The van der Waals surface area contributed by atoms with Crippen LogP contribution in [-0.2, 0) is 17.5 Å². The molecule has 0 saturated heterocycles. The van der Waals surface area contributed by atoms with E-state index >= 15 is 0 Å². The van der Waals surface area contributed by atoms with Gasteiger partial charge in [0.05, 0.1) is 12.1 Å². The van der Waals surface area contributed by atoms with Crippen molar-refractivity contribution >= 4 is 5.91 Å². The van der Waals surface area contributed by atoms with Crippen LogP contribution in [0.25, 0.3) is 0 Å². The minimum absolute atomic E-state index is 0.0817. The molecule has 0 aliphatic heterocycles. The zero-order valence-corrected chi connectivity index (χ0v) is 10.5. The molecule has 0 unspecified atom stereocenters. The van der Waals surface area contributed by atoms with Crippen LogP contribution in [0.3, 0.4) is 0 Å². The Hall–Kier alpha value is -1.63. The number of benzene rings is 1. The van der Waals surface area contributed by atoms with Crippen molar-refractivity contribution in [1.29, 1.82) is 0 Å². The summed E-state index contributed by atoms with van der Waals surface area (Å²) in [7, 11) is 3.09. The quantitative estimate of drug-likeness (QED) is 0.855. The molecule has 0 bridgehead atoms. The Morgan fingerprint density at radius 1 is 1.32 bits per heavy atom. The monoisotopic (exact) mass is 278 g/mol. The topological polar surface area (TPSA) is 32.3 Å². The lowest BCUT2D eigenvalue weighted by Crippen LogP contribution is -2.33. The molecule has 0 spiro atoms. The lowest BCUT2D eigenvalue weighted by atomic mass is 10.1. The highest BCUT2D eigenvalue weighted by Crippen LogP contribution is 2.32. The van der Waals surface area contributed by atoms with E-state index in [0.29, 0.717) is 6.07 Å². The van der Waals surface area contributed by atoms with E-state index < -0.39 is 17.6 Å². The van der Waals surface area contributed by atoms with Gasteiger partial charge in [-0.3, -0.25) is 4.79 Å². The molecular weight excluding hydrogens is 264 g/mol. The average molecular weight is 278 g/mol. The second-order valence-corrected chi connectivity index (χ2v) is 4.19. The Morgan fingerprint density at radius 2 is 1.95 bits per heavy atom. The third-order valence-electron chi connectivity index (χ3n) is 2.47. The Kier molecular flexibility index (Phi) is 4.88. The molecule has 0 aromatic heterocycles. The Labute approximate surface area is 108 Å². The SMILES string of the molecule is CN(C)C(=O)CNCc1ccc(F)cc1C(F)(F)F. The molecule has 7 heteroatoms. The predicted octanol–water partition coefficient (Wildman–Crippen LogP) is 2.02. The van der Waals surface area contributed by atoms with E-state index in [1.165, 1.54) is 4.90 Å². The molecule has 0 aliphatic rings. The van der Waals surface area contributed by atoms with Gasteiger partial charge >= 0.3 is 6.18 Å². The lowest BCUT2D eigenvalue weighted by Gasteiger charge is -2.14. The molecule has 1 aromatic carbocycles. The van der Waals surface area contributed by atoms with Crippen molar-refractivity contribution in [3.63, 3.8) is 0 Å². The summed E-state index contributed by atoms with van der Waals surface area (Å²) >= 11 is 0. The molecular formula is C12H14F4N2O. The van der Waals surface area contributed by atoms with Gasteiger partial charge in [-0.1, -0.05) is 6.07 Å². The number of nitrogens with zero attached hydrogens (tertiary/aromatic N) is 1. The van der Waals surface area contributed by atoms with Gasteiger partial charge < -0.3 is 10.2 Å². The second-order valence-electron chi connectivity index (χ2n) is 4.19. The maximum Gasteiger partial charge on any atom is 0.416 e. The molecule has 0 aliphatic carbocycles. The zero-order chi connectivity index (χ0) is 14.6. The van der Waals surface area contributed by atoms with Crippen LogP contribution >= 0.6 is 0 Å². The highest BCUT2D eigenvalue weighted by molar-refractivity contribution is 5.77. The molecule has 0 radical (unpaired) electrons. The summed E-state index contributed by atoms with van der Waals surface area (Å²) in [6.45, 7) is -0.240. The first-order chi connectivity index (χ1) is 8.71. The third-order valence-corrected chi connectivity index (χ3v) is 2.47. The molecule has 1 amide bonds. The van der Waals surface area contributed by atoms with Gasteiger partial charge in [0.15, 0.2) is 0 Å². The molecule has 1 rings (SSSR count). The Morgan fingerprint density at radius 3 is 2.47 bits per heavy atom. The molecule has 0 atom stereocenters. The summed E-state index contributed by atoms with van der Waals surface area (Å²) in [5.41, 5.74) is -1.13. The van der Waals surface area contributed by atoms with Gasteiger partial charge in [-0.2, -0.15) is 13.2 Å². The zero-order valence-electron chi connectivity index (χ0n) is 10.5. The molecule has 19 heavy (non-hydrogen) atoms. The highest BCUT2D eigenvalue weighted by Gasteiger charge is 2.33. The standard InChI is InChI=1S/C12H14F4N2O/c1-18(2)11(19)7-17-6-8-3-4-9(13)5-10(8)12(14,15)16/h3-5,17H,6-7H2,1-2H3. The highest BCUT2D eigenvalue weighted by atomic mass is 19.4.